The van der Waals surface area contributed by atoms with Crippen molar-refractivity contribution in [2.45, 2.75) is 24.7 Å². The number of aliphatic hydroxyl groups excluding tert-OH is 1. The van der Waals surface area contributed by atoms with Gasteiger partial charge in [-0.3, -0.25) is 4.79 Å². The van der Waals surface area contributed by atoms with E-state index in [-0.39, 0.29) is 17.7 Å². The smallest absolute Gasteiger partial charge is 0.221 e. The van der Waals surface area contributed by atoms with Crippen molar-refractivity contribution in [1.29, 1.82) is 0 Å². The molecule has 0 saturated heterocycles. The second-order valence-corrected chi connectivity index (χ2v) is 5.83. The molecule has 100 valence electrons. The molecule has 1 aromatic carbocycles. The van der Waals surface area contributed by atoms with E-state index in [0.717, 1.165) is 5.56 Å². The van der Waals surface area contributed by atoms with Gasteiger partial charge < -0.3 is 10.4 Å². The van der Waals surface area contributed by atoms with Crippen molar-refractivity contribution in [2.75, 3.05) is 12.8 Å². The Kier molecular flexibility index (Phi) is 6.54. The van der Waals surface area contributed by atoms with Gasteiger partial charge in [-0.05, 0) is 24.0 Å². The van der Waals surface area contributed by atoms with Crippen molar-refractivity contribution < 1.29 is 9.90 Å². The van der Waals surface area contributed by atoms with Gasteiger partial charge in [0.15, 0.2) is 0 Å². The highest BCUT2D eigenvalue weighted by Crippen LogP contribution is 2.16. The molecule has 1 aromatic rings. The summed E-state index contributed by atoms with van der Waals surface area (Å²) in [5.74, 6) is -0.0372. The number of carbonyl (C=O) groups excluding carboxylic acids is 1. The molecule has 1 rings (SSSR count). The van der Waals surface area contributed by atoms with Gasteiger partial charge in [-0.25, -0.2) is 0 Å². The molecular weight excluding hydrogens is 270 g/mol. The van der Waals surface area contributed by atoms with Crippen LogP contribution in [0.15, 0.2) is 24.3 Å². The van der Waals surface area contributed by atoms with Crippen molar-refractivity contribution >= 4 is 29.3 Å². The van der Waals surface area contributed by atoms with Crippen LogP contribution >= 0.6 is 23.4 Å². The summed E-state index contributed by atoms with van der Waals surface area (Å²) in [6, 6.07) is 6.95. The van der Waals surface area contributed by atoms with Crippen molar-refractivity contribution in [2.24, 2.45) is 0 Å². The third-order valence-electron chi connectivity index (χ3n) is 2.62. The van der Waals surface area contributed by atoms with E-state index in [1.807, 2.05) is 13.2 Å². The number of aliphatic hydroxyl groups is 1. The first-order valence-electron chi connectivity index (χ1n) is 5.76. The highest BCUT2D eigenvalue weighted by atomic mass is 35.5. The summed E-state index contributed by atoms with van der Waals surface area (Å²) in [5, 5.41) is 13.5. The zero-order valence-corrected chi connectivity index (χ0v) is 12.1. The minimum atomic E-state index is -0.698. The van der Waals surface area contributed by atoms with E-state index in [4.69, 9.17) is 11.6 Å². The summed E-state index contributed by atoms with van der Waals surface area (Å²) in [4.78, 5) is 11.5. The molecule has 0 spiro atoms. The van der Waals surface area contributed by atoms with E-state index in [1.54, 1.807) is 36.0 Å². The minimum absolute atomic E-state index is 0.0372. The number of nitrogens with one attached hydrogen (secondary N) is 1. The molecule has 2 unspecified atom stereocenters. The van der Waals surface area contributed by atoms with Gasteiger partial charge >= 0.3 is 0 Å². The second-order valence-electron chi connectivity index (χ2n) is 4.12. The summed E-state index contributed by atoms with van der Waals surface area (Å²) in [7, 11) is 0. The number of hydrogen-bond donors (Lipinski definition) is 2. The number of thioether (sulfide) groups is 1. The van der Waals surface area contributed by atoms with Gasteiger partial charge in [0.25, 0.3) is 0 Å². The SMILES string of the molecule is CSC(C)CC(=O)NCC(O)c1ccc(Cl)cc1. The lowest BCUT2D eigenvalue weighted by atomic mass is 10.1. The molecule has 5 heteroatoms. The van der Waals surface area contributed by atoms with Gasteiger partial charge in [0.1, 0.15) is 0 Å². The highest BCUT2D eigenvalue weighted by Gasteiger charge is 2.11. The number of amides is 1. The predicted octanol–water partition coefficient (Wildman–Crippen LogP) is 2.63. The Balaban J connectivity index is 2.39. The first-order valence-corrected chi connectivity index (χ1v) is 7.42. The van der Waals surface area contributed by atoms with Crippen LogP contribution in [0.3, 0.4) is 0 Å². The van der Waals surface area contributed by atoms with E-state index in [2.05, 4.69) is 5.32 Å². The van der Waals surface area contributed by atoms with Crippen LogP contribution < -0.4 is 5.32 Å². The first kappa shape index (κ1) is 15.3. The van der Waals surface area contributed by atoms with Crippen LogP contribution in [0.2, 0.25) is 5.02 Å². The quantitative estimate of drug-likeness (QED) is 0.846. The molecule has 0 fully saturated rings. The number of benzene rings is 1. The zero-order valence-electron chi connectivity index (χ0n) is 10.5. The molecule has 0 heterocycles. The van der Waals surface area contributed by atoms with Crippen molar-refractivity contribution in [3.8, 4) is 0 Å². The molecule has 1 amide bonds. The maximum absolute atomic E-state index is 11.5. The Morgan fingerprint density at radius 3 is 2.61 bits per heavy atom. The largest absolute Gasteiger partial charge is 0.387 e. The number of hydrogen-bond acceptors (Lipinski definition) is 3. The van der Waals surface area contributed by atoms with E-state index < -0.39 is 6.10 Å². The van der Waals surface area contributed by atoms with E-state index in [9.17, 15) is 9.90 Å². The van der Waals surface area contributed by atoms with Crippen molar-refractivity contribution in [3.05, 3.63) is 34.9 Å². The van der Waals surface area contributed by atoms with Crippen LogP contribution in [0.5, 0.6) is 0 Å². The van der Waals surface area contributed by atoms with Gasteiger partial charge in [-0.1, -0.05) is 30.7 Å². The second kappa shape index (κ2) is 7.67. The number of halogens is 1. The molecule has 0 aromatic heterocycles. The van der Waals surface area contributed by atoms with Gasteiger partial charge in [0, 0.05) is 23.2 Å². The molecule has 18 heavy (non-hydrogen) atoms. The van der Waals surface area contributed by atoms with Gasteiger partial charge in [0.05, 0.1) is 6.10 Å². The highest BCUT2D eigenvalue weighted by molar-refractivity contribution is 7.99. The summed E-state index contributed by atoms with van der Waals surface area (Å²) in [6.07, 6.45) is 1.74. The maximum atomic E-state index is 11.5. The monoisotopic (exact) mass is 287 g/mol. The summed E-state index contributed by atoms with van der Waals surface area (Å²) in [6.45, 7) is 2.22. The Hall–Kier alpha value is -0.710. The van der Waals surface area contributed by atoms with Crippen LogP contribution in [0.25, 0.3) is 0 Å². The van der Waals surface area contributed by atoms with Gasteiger partial charge in [0.2, 0.25) is 5.91 Å². The third-order valence-corrected chi connectivity index (χ3v) is 3.85. The lowest BCUT2D eigenvalue weighted by Crippen LogP contribution is -2.29. The minimum Gasteiger partial charge on any atom is -0.387 e. The van der Waals surface area contributed by atoms with Crippen molar-refractivity contribution in [3.63, 3.8) is 0 Å². The van der Waals surface area contributed by atoms with E-state index >= 15 is 0 Å². The van der Waals surface area contributed by atoms with Crippen LogP contribution in [0, 0.1) is 0 Å². The average molecular weight is 288 g/mol. The molecule has 0 saturated carbocycles. The van der Waals surface area contributed by atoms with Crippen LogP contribution in [0.1, 0.15) is 25.0 Å². The molecule has 3 nitrogen and oxygen atoms in total. The molecule has 0 radical (unpaired) electrons. The van der Waals surface area contributed by atoms with E-state index in [0.29, 0.717) is 11.4 Å². The number of rotatable bonds is 6. The fourth-order valence-electron chi connectivity index (χ4n) is 1.43. The first-order chi connectivity index (χ1) is 8.52. The molecule has 0 aliphatic rings. The molecule has 2 N–H and O–H groups in total. The normalized spacial score (nSPS) is 14.0. The lowest BCUT2D eigenvalue weighted by molar-refractivity contribution is -0.121. The molecular formula is C13H18ClNO2S. The summed E-state index contributed by atoms with van der Waals surface area (Å²) >= 11 is 7.41. The predicted molar refractivity (Wildman–Crippen MR) is 77.0 cm³/mol. The van der Waals surface area contributed by atoms with Crippen LogP contribution in [-0.4, -0.2) is 29.1 Å². The number of carbonyl (C=O) groups is 1. The lowest BCUT2D eigenvalue weighted by Gasteiger charge is -2.13. The summed E-state index contributed by atoms with van der Waals surface area (Å²) < 4.78 is 0. The maximum Gasteiger partial charge on any atom is 0.221 e. The topological polar surface area (TPSA) is 49.3 Å². The third kappa shape index (κ3) is 5.29. The average Bonchev–Trinajstić information content (AvgIpc) is 2.36. The van der Waals surface area contributed by atoms with E-state index in [1.165, 1.54) is 0 Å². The van der Waals surface area contributed by atoms with Crippen LogP contribution in [0.4, 0.5) is 0 Å². The van der Waals surface area contributed by atoms with Crippen molar-refractivity contribution in [1.82, 2.24) is 5.32 Å². The molecule has 2 atom stereocenters. The zero-order chi connectivity index (χ0) is 13.5. The Bertz CT molecular complexity index is 383. The molecule has 0 aliphatic heterocycles. The molecule has 0 aliphatic carbocycles. The molecule has 0 bridgehead atoms. The van der Waals surface area contributed by atoms with Crippen LogP contribution in [-0.2, 0) is 4.79 Å². The Labute approximate surface area is 117 Å². The Morgan fingerprint density at radius 1 is 1.44 bits per heavy atom. The van der Waals surface area contributed by atoms with Gasteiger partial charge in [-0.2, -0.15) is 11.8 Å². The fraction of sp³-hybridized carbons (Fsp3) is 0.462. The summed E-state index contributed by atoms with van der Waals surface area (Å²) in [5.41, 5.74) is 0.748. The Morgan fingerprint density at radius 2 is 2.06 bits per heavy atom. The van der Waals surface area contributed by atoms with Gasteiger partial charge in [-0.15, -0.1) is 0 Å². The fourth-order valence-corrected chi connectivity index (χ4v) is 1.87. The standard InChI is InChI=1S/C13H18ClNO2S/c1-9(18-2)7-13(17)15-8-12(16)10-3-5-11(14)6-4-10/h3-6,9,12,16H,7-8H2,1-2H3,(H,15,17).